The van der Waals surface area contributed by atoms with E-state index in [1.807, 2.05) is 32.0 Å². The summed E-state index contributed by atoms with van der Waals surface area (Å²) in [4.78, 5) is 4.62. The Morgan fingerprint density at radius 3 is 2.82 bits per heavy atom. The average Bonchev–Trinajstić information content (AvgIpc) is 3.23. The van der Waals surface area contributed by atoms with Crippen molar-refractivity contribution < 1.29 is 19.0 Å². The van der Waals surface area contributed by atoms with E-state index in [2.05, 4.69) is 15.6 Å². The number of aliphatic imine (C=N–C) groups is 1. The van der Waals surface area contributed by atoms with Gasteiger partial charge in [0.1, 0.15) is 17.6 Å². The highest BCUT2D eigenvalue weighted by Gasteiger charge is 2.11. The maximum absolute atomic E-state index is 10.2. The first kappa shape index (κ1) is 21.8. The van der Waals surface area contributed by atoms with Gasteiger partial charge < -0.3 is 29.6 Å². The van der Waals surface area contributed by atoms with E-state index >= 15 is 0 Å². The first-order chi connectivity index (χ1) is 13.6. The van der Waals surface area contributed by atoms with Crippen molar-refractivity contribution >= 4 is 5.96 Å². The van der Waals surface area contributed by atoms with Crippen LogP contribution < -0.4 is 15.4 Å². The topological polar surface area (TPSA) is 88.3 Å². The average molecular weight is 389 g/mol. The lowest BCUT2D eigenvalue weighted by Crippen LogP contribution is -2.39. The van der Waals surface area contributed by atoms with Crippen LogP contribution in [0.4, 0.5) is 0 Å². The fourth-order valence-electron chi connectivity index (χ4n) is 2.59. The van der Waals surface area contributed by atoms with Gasteiger partial charge in [0.2, 0.25) is 0 Å². The second-order valence-corrected chi connectivity index (χ2v) is 6.41. The van der Waals surface area contributed by atoms with Gasteiger partial charge in [-0.3, -0.25) is 0 Å². The van der Waals surface area contributed by atoms with Crippen molar-refractivity contribution in [2.45, 2.75) is 32.9 Å². The third kappa shape index (κ3) is 7.25. The highest BCUT2D eigenvalue weighted by Crippen LogP contribution is 2.21. The number of ether oxygens (including phenoxy) is 2. The van der Waals surface area contributed by atoms with E-state index in [0.717, 1.165) is 29.8 Å². The van der Waals surface area contributed by atoms with Crippen molar-refractivity contribution in [3.8, 4) is 5.75 Å². The molecular weight excluding hydrogens is 358 g/mol. The Balaban J connectivity index is 1.98. The van der Waals surface area contributed by atoms with Crippen LogP contribution in [-0.2, 0) is 11.3 Å². The van der Waals surface area contributed by atoms with E-state index in [1.165, 1.54) is 0 Å². The minimum atomic E-state index is -0.738. The van der Waals surface area contributed by atoms with Crippen LogP contribution in [0.3, 0.4) is 0 Å². The molecule has 0 radical (unpaired) electrons. The van der Waals surface area contributed by atoms with Gasteiger partial charge >= 0.3 is 0 Å². The van der Waals surface area contributed by atoms with E-state index in [0.29, 0.717) is 38.0 Å². The normalized spacial score (nSPS) is 12.6. The first-order valence-corrected chi connectivity index (χ1v) is 9.59. The molecule has 1 heterocycles. The number of benzene rings is 1. The zero-order chi connectivity index (χ0) is 20.2. The first-order valence-electron chi connectivity index (χ1n) is 9.59. The standard InChI is InChI=1S/C21H31N3O4/c1-4-22-21(24-15-18(25)19-7-5-11-27-19)23-14-17-9-8-16(2)13-20(17)28-12-6-10-26-3/h5,7-9,11,13,18,25H,4,6,10,12,14-15H2,1-3H3,(H2,22,23,24). The van der Waals surface area contributed by atoms with Gasteiger partial charge in [-0.15, -0.1) is 0 Å². The predicted octanol–water partition coefficient (Wildman–Crippen LogP) is 2.79. The van der Waals surface area contributed by atoms with Gasteiger partial charge in [0.15, 0.2) is 5.96 Å². The van der Waals surface area contributed by atoms with Gasteiger partial charge in [0, 0.05) is 32.2 Å². The smallest absolute Gasteiger partial charge is 0.191 e. The summed E-state index contributed by atoms with van der Waals surface area (Å²) in [6.07, 6.45) is 1.64. The van der Waals surface area contributed by atoms with Crippen LogP contribution in [0, 0.1) is 6.92 Å². The number of rotatable bonds is 11. The number of nitrogens with one attached hydrogen (secondary N) is 2. The van der Waals surface area contributed by atoms with Crippen LogP contribution in [0.15, 0.2) is 46.0 Å². The number of methoxy groups -OCH3 is 1. The van der Waals surface area contributed by atoms with E-state index in [4.69, 9.17) is 13.9 Å². The Morgan fingerprint density at radius 2 is 2.11 bits per heavy atom. The van der Waals surface area contributed by atoms with Crippen LogP contribution in [-0.4, -0.2) is 44.5 Å². The fraction of sp³-hybridized carbons (Fsp3) is 0.476. The van der Waals surface area contributed by atoms with Gasteiger partial charge in [-0.05, 0) is 37.6 Å². The summed E-state index contributed by atoms with van der Waals surface area (Å²) in [6, 6.07) is 9.61. The lowest BCUT2D eigenvalue weighted by atomic mass is 10.1. The van der Waals surface area contributed by atoms with Gasteiger partial charge in [-0.25, -0.2) is 4.99 Å². The lowest BCUT2D eigenvalue weighted by Gasteiger charge is -2.15. The minimum absolute atomic E-state index is 0.299. The van der Waals surface area contributed by atoms with Gasteiger partial charge in [0.25, 0.3) is 0 Å². The van der Waals surface area contributed by atoms with Crippen molar-refractivity contribution in [3.63, 3.8) is 0 Å². The molecule has 0 spiro atoms. The summed E-state index contributed by atoms with van der Waals surface area (Å²) in [5, 5.41) is 16.5. The molecule has 0 saturated carbocycles. The molecule has 154 valence electrons. The maximum atomic E-state index is 10.2. The van der Waals surface area contributed by atoms with Crippen LogP contribution in [0.2, 0.25) is 0 Å². The summed E-state index contributed by atoms with van der Waals surface area (Å²) in [7, 11) is 1.69. The molecule has 0 bridgehead atoms. The molecule has 0 amide bonds. The largest absolute Gasteiger partial charge is 0.493 e. The monoisotopic (exact) mass is 389 g/mol. The molecule has 1 unspecified atom stereocenters. The van der Waals surface area contributed by atoms with Crippen molar-refractivity contribution in [1.82, 2.24) is 10.6 Å². The highest BCUT2D eigenvalue weighted by molar-refractivity contribution is 5.79. The number of hydrogen-bond acceptors (Lipinski definition) is 5. The third-order valence-electron chi connectivity index (χ3n) is 4.06. The molecule has 0 aliphatic rings. The number of guanidine groups is 1. The Kier molecular flexibility index (Phi) is 9.37. The molecule has 1 aromatic heterocycles. The quantitative estimate of drug-likeness (QED) is 0.311. The second-order valence-electron chi connectivity index (χ2n) is 6.41. The SMILES string of the molecule is CCNC(=NCc1ccc(C)cc1OCCCOC)NCC(O)c1ccco1. The maximum Gasteiger partial charge on any atom is 0.191 e. The second kappa shape index (κ2) is 12.0. The molecule has 0 saturated heterocycles. The molecule has 3 N–H and O–H groups in total. The molecule has 28 heavy (non-hydrogen) atoms. The molecule has 2 rings (SSSR count). The van der Waals surface area contributed by atoms with Gasteiger partial charge in [-0.2, -0.15) is 0 Å². The highest BCUT2D eigenvalue weighted by atomic mass is 16.5. The molecule has 2 aromatic rings. The fourth-order valence-corrected chi connectivity index (χ4v) is 2.59. The van der Waals surface area contributed by atoms with Crippen molar-refractivity contribution in [1.29, 1.82) is 0 Å². The van der Waals surface area contributed by atoms with E-state index in [9.17, 15) is 5.11 Å². The van der Waals surface area contributed by atoms with Gasteiger partial charge in [0.05, 0.1) is 26.0 Å². The Labute approximate surface area is 166 Å². The number of nitrogens with zero attached hydrogens (tertiary/aromatic N) is 1. The van der Waals surface area contributed by atoms with E-state index in [1.54, 1.807) is 25.5 Å². The van der Waals surface area contributed by atoms with Crippen LogP contribution in [0.5, 0.6) is 5.75 Å². The van der Waals surface area contributed by atoms with Crippen molar-refractivity contribution in [3.05, 3.63) is 53.5 Å². The zero-order valence-electron chi connectivity index (χ0n) is 16.9. The van der Waals surface area contributed by atoms with Crippen molar-refractivity contribution in [2.24, 2.45) is 4.99 Å². The predicted molar refractivity (Wildman–Crippen MR) is 110 cm³/mol. The lowest BCUT2D eigenvalue weighted by molar-refractivity contribution is 0.153. The van der Waals surface area contributed by atoms with Crippen molar-refractivity contribution in [2.75, 3.05) is 33.4 Å². The zero-order valence-corrected chi connectivity index (χ0v) is 16.9. The molecule has 7 heteroatoms. The number of furan rings is 1. The summed E-state index contributed by atoms with van der Waals surface area (Å²) < 4.78 is 16.2. The summed E-state index contributed by atoms with van der Waals surface area (Å²) in [6.45, 7) is 6.79. The number of aryl methyl sites for hydroxylation is 1. The molecule has 0 aliphatic carbocycles. The molecular formula is C21H31N3O4. The van der Waals surface area contributed by atoms with Gasteiger partial charge in [-0.1, -0.05) is 12.1 Å². The Hall–Kier alpha value is -2.51. The van der Waals surface area contributed by atoms with E-state index in [-0.39, 0.29) is 0 Å². The number of aliphatic hydroxyl groups excluding tert-OH is 1. The number of hydrogen-bond donors (Lipinski definition) is 3. The van der Waals surface area contributed by atoms with Crippen LogP contribution in [0.25, 0.3) is 0 Å². The summed E-state index contributed by atoms with van der Waals surface area (Å²) in [5.74, 6) is 1.99. The van der Waals surface area contributed by atoms with E-state index < -0.39 is 6.10 Å². The van der Waals surface area contributed by atoms with Crippen LogP contribution >= 0.6 is 0 Å². The van der Waals surface area contributed by atoms with Crippen LogP contribution in [0.1, 0.15) is 36.3 Å². The summed E-state index contributed by atoms with van der Waals surface area (Å²) >= 11 is 0. The molecule has 1 aromatic carbocycles. The Bertz CT molecular complexity index is 716. The Morgan fingerprint density at radius 1 is 1.25 bits per heavy atom. The molecule has 1 atom stereocenters. The summed E-state index contributed by atoms with van der Waals surface area (Å²) in [5.41, 5.74) is 2.15. The number of aliphatic hydroxyl groups is 1. The molecule has 0 fully saturated rings. The third-order valence-corrected chi connectivity index (χ3v) is 4.06. The minimum Gasteiger partial charge on any atom is -0.493 e. The molecule has 0 aliphatic heterocycles. The molecule has 7 nitrogen and oxygen atoms in total.